The molecule has 2 aromatic heterocycles. The van der Waals surface area contributed by atoms with Gasteiger partial charge in [-0.15, -0.1) is 0 Å². The van der Waals surface area contributed by atoms with Gasteiger partial charge in [0.05, 0.1) is 24.8 Å². The van der Waals surface area contributed by atoms with Gasteiger partial charge in [-0.1, -0.05) is 42.1 Å². The number of likely N-dealkylation sites (N-methyl/N-ethyl adjacent to an activating group) is 1. The van der Waals surface area contributed by atoms with E-state index in [0.29, 0.717) is 41.1 Å². The Balaban J connectivity index is 1.63. The summed E-state index contributed by atoms with van der Waals surface area (Å²) in [5, 5.41) is 10.0. The van der Waals surface area contributed by atoms with Crippen molar-refractivity contribution in [3.8, 4) is 0 Å². The van der Waals surface area contributed by atoms with Crippen LogP contribution in [0.2, 0.25) is 0 Å². The van der Waals surface area contributed by atoms with Crippen LogP contribution >= 0.6 is 11.8 Å². The molecule has 3 heterocycles. The highest BCUT2D eigenvalue weighted by atomic mass is 32.2. The number of halogens is 3. The van der Waals surface area contributed by atoms with Crippen molar-refractivity contribution in [1.29, 1.82) is 0 Å². The summed E-state index contributed by atoms with van der Waals surface area (Å²) in [6.07, 6.45) is -0.624. The Morgan fingerprint density at radius 1 is 1.00 bits per heavy atom. The maximum absolute atomic E-state index is 14.6. The lowest BCUT2D eigenvalue weighted by Gasteiger charge is -2.32. The lowest BCUT2D eigenvalue weighted by Crippen LogP contribution is -2.58. The Hall–Kier alpha value is -4.48. The molecule has 4 aromatic rings. The molecule has 0 radical (unpaired) electrons. The molecule has 3 atom stereocenters. The number of benzene rings is 2. The van der Waals surface area contributed by atoms with Gasteiger partial charge in [0.1, 0.15) is 17.1 Å². The number of nitrogens with one attached hydrogen (secondary N) is 4. The summed E-state index contributed by atoms with van der Waals surface area (Å²) in [6, 6.07) is 10.1. The van der Waals surface area contributed by atoms with Crippen molar-refractivity contribution in [3.05, 3.63) is 88.7 Å². The Labute approximate surface area is 310 Å². The van der Waals surface area contributed by atoms with Crippen LogP contribution in [-0.2, 0) is 44.8 Å². The zero-order valence-electron chi connectivity index (χ0n) is 29.6. The topological polar surface area (TPSA) is 180 Å². The van der Waals surface area contributed by atoms with Crippen LogP contribution in [0.1, 0.15) is 40.7 Å². The van der Waals surface area contributed by atoms with Gasteiger partial charge in [-0.2, -0.15) is 13.2 Å². The number of fused-ring (bicyclic) bond motifs is 3. The average molecular weight is 755 g/mol. The van der Waals surface area contributed by atoms with Gasteiger partial charge >= 0.3 is 6.18 Å². The van der Waals surface area contributed by atoms with Gasteiger partial charge in [0, 0.05) is 61.3 Å². The molecule has 12 nitrogen and oxygen atoms in total. The second kappa shape index (κ2) is 18.0. The van der Waals surface area contributed by atoms with Crippen molar-refractivity contribution in [2.75, 3.05) is 33.4 Å². The molecular formula is C37H45F3N8O4S. The number of nitrogens with two attached hydrogens (primary N) is 2. The molecule has 8 N–H and O–H groups in total. The lowest BCUT2D eigenvalue weighted by atomic mass is 10.0. The number of rotatable bonds is 9. The molecule has 1 aliphatic rings. The number of amides is 3. The molecule has 0 fully saturated rings. The first-order chi connectivity index (χ1) is 25.4. The molecule has 53 heavy (non-hydrogen) atoms. The second-order valence-electron chi connectivity index (χ2n) is 12.8. The zero-order valence-corrected chi connectivity index (χ0v) is 30.4. The second-order valence-corrected chi connectivity index (χ2v) is 13.8. The van der Waals surface area contributed by atoms with E-state index < -0.39 is 54.1 Å². The SMILES string of the molecule is Cc1ccc(C(F)(F)F)c2c1Sc1ncccc1CNC(CCCN)C(=O)NC(COCCN)C(=O)N(C)C(Cc1c[nH]c3ccccc13)C(=O)NC2. The van der Waals surface area contributed by atoms with Crippen molar-refractivity contribution in [3.63, 3.8) is 0 Å². The van der Waals surface area contributed by atoms with E-state index >= 15 is 0 Å². The van der Waals surface area contributed by atoms with Crippen LogP contribution in [-0.4, -0.2) is 84.1 Å². The molecule has 2 aromatic carbocycles. The quantitative estimate of drug-likeness (QED) is 0.140. The van der Waals surface area contributed by atoms with E-state index in [1.54, 1.807) is 31.5 Å². The third kappa shape index (κ3) is 9.74. The number of pyridine rings is 1. The molecule has 284 valence electrons. The molecular weight excluding hydrogens is 710 g/mol. The Morgan fingerprint density at radius 3 is 2.55 bits per heavy atom. The van der Waals surface area contributed by atoms with Gasteiger partial charge in [-0.25, -0.2) is 4.98 Å². The first-order valence-electron chi connectivity index (χ1n) is 17.3. The number of ether oxygens (including phenoxy) is 1. The molecule has 0 spiro atoms. The fourth-order valence-electron chi connectivity index (χ4n) is 6.29. The first-order valence-corrected chi connectivity index (χ1v) is 18.2. The number of carbonyl (C=O) groups is 3. The smallest absolute Gasteiger partial charge is 0.377 e. The van der Waals surface area contributed by atoms with Crippen molar-refractivity contribution < 1.29 is 32.3 Å². The molecule has 3 unspecified atom stereocenters. The molecule has 0 aliphatic carbocycles. The van der Waals surface area contributed by atoms with Gasteiger partial charge in [-0.05, 0) is 66.8 Å². The minimum Gasteiger partial charge on any atom is -0.377 e. The number of para-hydroxylation sites is 1. The molecule has 1 aliphatic heterocycles. The Kier molecular flexibility index (Phi) is 13.5. The largest absolute Gasteiger partial charge is 0.416 e. The highest BCUT2D eigenvalue weighted by molar-refractivity contribution is 7.99. The minimum absolute atomic E-state index is 0.0158. The highest BCUT2D eigenvalue weighted by Crippen LogP contribution is 2.41. The number of carbonyl (C=O) groups excluding carboxylic acids is 3. The number of aromatic amines is 1. The summed E-state index contributed by atoms with van der Waals surface area (Å²) >= 11 is 1.06. The van der Waals surface area contributed by atoms with Crippen molar-refractivity contribution in [2.45, 2.75) is 73.5 Å². The summed E-state index contributed by atoms with van der Waals surface area (Å²) < 4.78 is 49.4. The van der Waals surface area contributed by atoms with E-state index in [-0.39, 0.29) is 43.2 Å². The van der Waals surface area contributed by atoms with Crippen molar-refractivity contribution in [1.82, 2.24) is 30.8 Å². The normalized spacial score (nSPS) is 19.3. The number of hydrogen-bond acceptors (Lipinski definition) is 9. The first kappa shape index (κ1) is 39.7. The van der Waals surface area contributed by atoms with E-state index in [4.69, 9.17) is 16.2 Å². The van der Waals surface area contributed by atoms with Crippen LogP contribution in [0, 0.1) is 6.92 Å². The number of H-pyrrole nitrogens is 1. The minimum atomic E-state index is -4.73. The van der Waals surface area contributed by atoms with Gasteiger partial charge in [-0.3, -0.25) is 14.4 Å². The van der Waals surface area contributed by atoms with E-state index in [2.05, 4.69) is 25.9 Å². The average Bonchev–Trinajstić information content (AvgIpc) is 3.55. The highest BCUT2D eigenvalue weighted by Gasteiger charge is 2.37. The molecule has 0 saturated heterocycles. The molecule has 0 saturated carbocycles. The van der Waals surface area contributed by atoms with E-state index in [0.717, 1.165) is 28.7 Å². The van der Waals surface area contributed by atoms with Crippen LogP contribution in [0.4, 0.5) is 13.2 Å². The van der Waals surface area contributed by atoms with Gasteiger partial charge in [0.2, 0.25) is 17.7 Å². The number of alkyl halides is 3. The standard InChI is InChI=1S/C37H45F3N8O4S/c1-22-11-12-27(37(38,39)40)26-20-46-34(50)31(17-24-19-44-28-9-4-3-8-25(24)28)48(2)36(51)30(21-52-16-14-42)47-33(49)29(10-5-13-41)45-18-23-7-6-15-43-35(23)53-32(22)26/h3-4,6-9,11-12,15,19,29-31,44-45H,5,10,13-14,16-18,20-21,41-42H2,1-2H3,(H,46,50)(H,47,49). The molecule has 3 amide bonds. The van der Waals surface area contributed by atoms with Gasteiger partial charge < -0.3 is 42.0 Å². The van der Waals surface area contributed by atoms with E-state index in [1.807, 2.05) is 24.3 Å². The van der Waals surface area contributed by atoms with Crippen LogP contribution in [0.5, 0.6) is 0 Å². The molecule has 0 bridgehead atoms. The van der Waals surface area contributed by atoms with E-state index in [9.17, 15) is 27.6 Å². The molecule has 16 heteroatoms. The Morgan fingerprint density at radius 2 is 1.79 bits per heavy atom. The van der Waals surface area contributed by atoms with Crippen molar-refractivity contribution >= 4 is 40.4 Å². The maximum Gasteiger partial charge on any atom is 0.416 e. The summed E-state index contributed by atoms with van der Waals surface area (Å²) in [5.74, 6) is -1.80. The van der Waals surface area contributed by atoms with Gasteiger partial charge in [0.15, 0.2) is 0 Å². The van der Waals surface area contributed by atoms with Crippen LogP contribution in [0.25, 0.3) is 10.9 Å². The summed E-state index contributed by atoms with van der Waals surface area (Å²) in [4.78, 5) is 51.6. The number of aromatic nitrogens is 2. The number of nitrogens with zero attached hydrogens (tertiary/aromatic N) is 2. The number of hydrogen-bond donors (Lipinski definition) is 6. The van der Waals surface area contributed by atoms with Gasteiger partial charge in [0.25, 0.3) is 0 Å². The lowest BCUT2D eigenvalue weighted by molar-refractivity contribution is -0.143. The summed E-state index contributed by atoms with van der Waals surface area (Å²) in [6.45, 7) is 1.71. The number of aryl methyl sites for hydroxylation is 1. The summed E-state index contributed by atoms with van der Waals surface area (Å²) in [5.41, 5.74) is 13.1. The summed E-state index contributed by atoms with van der Waals surface area (Å²) in [7, 11) is 1.43. The third-order valence-electron chi connectivity index (χ3n) is 9.17. The Bertz CT molecular complexity index is 1910. The van der Waals surface area contributed by atoms with Crippen LogP contribution in [0.15, 0.2) is 70.8 Å². The predicted molar refractivity (Wildman–Crippen MR) is 196 cm³/mol. The fourth-order valence-corrected chi connectivity index (χ4v) is 7.41. The van der Waals surface area contributed by atoms with Crippen molar-refractivity contribution in [2.24, 2.45) is 11.5 Å². The van der Waals surface area contributed by atoms with Crippen LogP contribution in [0.3, 0.4) is 0 Å². The zero-order chi connectivity index (χ0) is 38.1. The molecule has 5 rings (SSSR count). The monoisotopic (exact) mass is 754 g/mol. The fraction of sp³-hybridized carbons (Fsp3) is 0.405. The predicted octanol–water partition coefficient (Wildman–Crippen LogP) is 3.40. The maximum atomic E-state index is 14.6. The third-order valence-corrected chi connectivity index (χ3v) is 10.5. The van der Waals surface area contributed by atoms with Crippen LogP contribution < -0.4 is 27.4 Å². The van der Waals surface area contributed by atoms with E-state index in [1.165, 1.54) is 18.0 Å².